The van der Waals surface area contributed by atoms with Gasteiger partial charge in [0.25, 0.3) is 0 Å². The maximum Gasteiger partial charge on any atom is 0.152 e. The molecule has 0 saturated heterocycles. The average Bonchev–Trinajstić information content (AvgIpc) is 2.53. The van der Waals surface area contributed by atoms with Crippen molar-refractivity contribution in [3.05, 3.63) is 45.9 Å². The molecule has 2 rings (SSSR count). The topological polar surface area (TPSA) is 22.0 Å². The molecule has 1 heterocycles. The van der Waals surface area contributed by atoms with Crippen LogP contribution in [0.5, 0.6) is 0 Å². The molecule has 0 atom stereocenters. The number of aldehydes is 1. The van der Waals surface area contributed by atoms with Crippen molar-refractivity contribution < 1.29 is 9.18 Å². The van der Waals surface area contributed by atoms with Crippen LogP contribution in [-0.4, -0.2) is 10.9 Å². The Morgan fingerprint density at radius 1 is 1.33 bits per heavy atom. The second kappa shape index (κ2) is 4.58. The highest BCUT2D eigenvalue weighted by molar-refractivity contribution is 6.33. The van der Waals surface area contributed by atoms with E-state index in [1.807, 2.05) is 6.92 Å². The fourth-order valence-electron chi connectivity index (χ4n) is 2.25. The van der Waals surface area contributed by atoms with Gasteiger partial charge in [-0.3, -0.25) is 4.79 Å². The quantitative estimate of drug-likeness (QED) is 0.755. The number of hydrogen-bond acceptors (Lipinski definition) is 1. The van der Waals surface area contributed by atoms with Crippen molar-refractivity contribution in [2.75, 3.05) is 0 Å². The van der Waals surface area contributed by atoms with Gasteiger partial charge >= 0.3 is 0 Å². The molecular formula is C14H13ClFNO. The molecule has 94 valence electrons. The van der Waals surface area contributed by atoms with E-state index in [1.165, 1.54) is 6.07 Å². The lowest BCUT2D eigenvalue weighted by Crippen LogP contribution is -1.97. The van der Waals surface area contributed by atoms with Gasteiger partial charge in [0.2, 0.25) is 0 Å². The Morgan fingerprint density at radius 3 is 2.50 bits per heavy atom. The number of nitrogens with zero attached hydrogens (tertiary/aromatic N) is 1. The van der Waals surface area contributed by atoms with Gasteiger partial charge in [-0.25, -0.2) is 4.39 Å². The van der Waals surface area contributed by atoms with Gasteiger partial charge in [-0.1, -0.05) is 17.7 Å². The van der Waals surface area contributed by atoms with Gasteiger partial charge in [0.15, 0.2) is 6.29 Å². The Hall–Kier alpha value is -1.61. The maximum absolute atomic E-state index is 14.0. The standard InChI is InChI=1S/C14H13ClFNO/c1-8-10(7-18)9(2)17(3)14(8)13-11(15)5-4-6-12(13)16/h4-7H,1-3H3. The summed E-state index contributed by atoms with van der Waals surface area (Å²) in [4.78, 5) is 11.1. The summed E-state index contributed by atoms with van der Waals surface area (Å²) in [7, 11) is 1.80. The van der Waals surface area contributed by atoms with Crippen LogP contribution in [0.15, 0.2) is 18.2 Å². The van der Waals surface area contributed by atoms with Crippen LogP contribution in [0, 0.1) is 19.7 Å². The molecule has 0 aliphatic carbocycles. The Balaban J connectivity index is 2.84. The number of halogens is 2. The molecule has 1 aromatic carbocycles. The first kappa shape index (κ1) is 12.8. The Kier molecular flexibility index (Phi) is 3.26. The van der Waals surface area contributed by atoms with Crippen LogP contribution in [-0.2, 0) is 7.05 Å². The molecule has 0 unspecified atom stereocenters. The number of carbonyl (C=O) groups is 1. The smallest absolute Gasteiger partial charge is 0.152 e. The van der Waals surface area contributed by atoms with E-state index in [-0.39, 0.29) is 5.82 Å². The van der Waals surface area contributed by atoms with E-state index in [1.54, 1.807) is 30.7 Å². The Bertz CT molecular complexity index is 611. The molecule has 0 aliphatic heterocycles. The Labute approximate surface area is 110 Å². The van der Waals surface area contributed by atoms with Crippen molar-refractivity contribution in [3.8, 4) is 11.3 Å². The highest BCUT2D eigenvalue weighted by atomic mass is 35.5. The summed E-state index contributed by atoms with van der Waals surface area (Å²) in [5.41, 5.74) is 3.13. The van der Waals surface area contributed by atoms with Crippen LogP contribution in [0.3, 0.4) is 0 Å². The summed E-state index contributed by atoms with van der Waals surface area (Å²) < 4.78 is 15.7. The second-order valence-corrected chi connectivity index (χ2v) is 4.65. The van der Waals surface area contributed by atoms with Crippen molar-refractivity contribution in [2.45, 2.75) is 13.8 Å². The molecule has 2 aromatic rings. The van der Waals surface area contributed by atoms with Gasteiger partial charge in [0.1, 0.15) is 5.82 Å². The molecule has 0 bridgehead atoms. The Morgan fingerprint density at radius 2 is 2.00 bits per heavy atom. The first-order valence-corrected chi connectivity index (χ1v) is 5.92. The number of rotatable bonds is 2. The third-order valence-electron chi connectivity index (χ3n) is 3.30. The average molecular weight is 266 g/mol. The van der Waals surface area contributed by atoms with Gasteiger partial charge in [0, 0.05) is 18.3 Å². The molecule has 0 saturated carbocycles. The van der Waals surface area contributed by atoms with E-state index >= 15 is 0 Å². The minimum absolute atomic E-state index is 0.343. The molecular weight excluding hydrogens is 253 g/mol. The predicted octanol–water partition coefficient (Wildman–Crippen LogP) is 3.91. The van der Waals surface area contributed by atoms with Crippen molar-refractivity contribution in [2.24, 2.45) is 7.05 Å². The number of carbonyl (C=O) groups excluding carboxylic acids is 1. The number of aromatic nitrogens is 1. The zero-order valence-corrected chi connectivity index (χ0v) is 11.2. The lowest BCUT2D eigenvalue weighted by molar-refractivity contribution is 0.112. The predicted molar refractivity (Wildman–Crippen MR) is 70.7 cm³/mol. The van der Waals surface area contributed by atoms with Crippen LogP contribution in [0.1, 0.15) is 21.6 Å². The molecule has 0 radical (unpaired) electrons. The van der Waals surface area contributed by atoms with Gasteiger partial charge in [-0.2, -0.15) is 0 Å². The summed E-state index contributed by atoms with van der Waals surface area (Å²) in [6.45, 7) is 3.63. The summed E-state index contributed by atoms with van der Waals surface area (Å²) >= 11 is 6.07. The molecule has 1 aromatic heterocycles. The molecule has 0 N–H and O–H groups in total. The molecule has 0 amide bonds. The first-order valence-electron chi connectivity index (χ1n) is 5.54. The van der Waals surface area contributed by atoms with Crippen LogP contribution in [0.25, 0.3) is 11.3 Å². The van der Waals surface area contributed by atoms with Gasteiger partial charge in [-0.05, 0) is 31.5 Å². The third kappa shape index (κ3) is 1.75. The minimum Gasteiger partial charge on any atom is -0.347 e. The van der Waals surface area contributed by atoms with Crippen LogP contribution < -0.4 is 0 Å². The second-order valence-electron chi connectivity index (χ2n) is 4.25. The largest absolute Gasteiger partial charge is 0.347 e. The van der Waals surface area contributed by atoms with Gasteiger partial charge in [0.05, 0.1) is 16.3 Å². The summed E-state index contributed by atoms with van der Waals surface area (Å²) in [6, 6.07) is 4.57. The summed E-state index contributed by atoms with van der Waals surface area (Å²) in [5, 5.41) is 0.344. The highest BCUT2D eigenvalue weighted by Crippen LogP contribution is 2.35. The van der Waals surface area contributed by atoms with E-state index in [4.69, 9.17) is 11.6 Å². The van der Waals surface area contributed by atoms with Gasteiger partial charge in [-0.15, -0.1) is 0 Å². The van der Waals surface area contributed by atoms with Crippen molar-refractivity contribution in [1.82, 2.24) is 4.57 Å². The lowest BCUT2D eigenvalue weighted by atomic mass is 10.1. The highest BCUT2D eigenvalue weighted by Gasteiger charge is 2.20. The molecule has 0 fully saturated rings. The minimum atomic E-state index is -0.386. The van der Waals surface area contributed by atoms with E-state index in [0.29, 0.717) is 21.8 Å². The van der Waals surface area contributed by atoms with E-state index < -0.39 is 0 Å². The fourth-order valence-corrected chi connectivity index (χ4v) is 2.50. The molecule has 0 aliphatic rings. The van der Waals surface area contributed by atoms with Crippen LogP contribution in [0.4, 0.5) is 4.39 Å². The number of hydrogen-bond donors (Lipinski definition) is 0. The van der Waals surface area contributed by atoms with Gasteiger partial charge < -0.3 is 4.57 Å². The van der Waals surface area contributed by atoms with E-state index in [9.17, 15) is 9.18 Å². The molecule has 4 heteroatoms. The third-order valence-corrected chi connectivity index (χ3v) is 3.62. The van der Waals surface area contributed by atoms with Crippen molar-refractivity contribution in [3.63, 3.8) is 0 Å². The lowest BCUT2D eigenvalue weighted by Gasteiger charge is -2.09. The molecule has 2 nitrogen and oxygen atoms in total. The van der Waals surface area contributed by atoms with Crippen LogP contribution >= 0.6 is 11.6 Å². The molecule has 18 heavy (non-hydrogen) atoms. The zero-order chi connectivity index (χ0) is 13.4. The van der Waals surface area contributed by atoms with Crippen molar-refractivity contribution in [1.29, 1.82) is 0 Å². The summed E-state index contributed by atoms with van der Waals surface area (Å²) in [6.07, 6.45) is 0.795. The SMILES string of the molecule is Cc1c(C=O)c(C)n(C)c1-c1c(F)cccc1Cl. The zero-order valence-electron chi connectivity index (χ0n) is 10.4. The normalized spacial score (nSPS) is 10.7. The molecule has 0 spiro atoms. The fraction of sp³-hybridized carbons (Fsp3) is 0.214. The van der Waals surface area contributed by atoms with Crippen molar-refractivity contribution >= 4 is 17.9 Å². The first-order chi connectivity index (χ1) is 8.49. The monoisotopic (exact) mass is 265 g/mol. The van der Waals surface area contributed by atoms with Crippen LogP contribution in [0.2, 0.25) is 5.02 Å². The summed E-state index contributed by atoms with van der Waals surface area (Å²) in [5.74, 6) is -0.386. The number of benzene rings is 1. The van der Waals surface area contributed by atoms with E-state index in [2.05, 4.69) is 0 Å². The van der Waals surface area contributed by atoms with E-state index in [0.717, 1.165) is 17.5 Å². The maximum atomic E-state index is 14.0.